The molecule has 232 valence electrons. The molecule has 2 aromatic carbocycles. The molecule has 2 unspecified atom stereocenters. The molecule has 4 aromatic rings. The third-order valence-electron chi connectivity index (χ3n) is 8.52. The van der Waals surface area contributed by atoms with Crippen LogP contribution < -0.4 is 26.2 Å². The van der Waals surface area contributed by atoms with Gasteiger partial charge >= 0.3 is 0 Å². The lowest BCUT2D eigenvalue weighted by Gasteiger charge is -2.20. The van der Waals surface area contributed by atoms with Crippen molar-refractivity contribution >= 4 is 29.1 Å². The van der Waals surface area contributed by atoms with E-state index in [0.717, 1.165) is 35.1 Å². The Morgan fingerprint density at radius 1 is 1.16 bits per heavy atom. The van der Waals surface area contributed by atoms with Gasteiger partial charge in [0.1, 0.15) is 11.4 Å². The van der Waals surface area contributed by atoms with Gasteiger partial charge in [-0.1, -0.05) is 23.7 Å². The highest BCUT2D eigenvalue weighted by atomic mass is 35.5. The predicted molar refractivity (Wildman–Crippen MR) is 169 cm³/mol. The van der Waals surface area contributed by atoms with E-state index < -0.39 is 17.3 Å². The third-order valence-corrected chi connectivity index (χ3v) is 8.91. The largest absolute Gasteiger partial charge is 0.481 e. The van der Waals surface area contributed by atoms with Crippen LogP contribution in [-0.4, -0.2) is 46.3 Å². The van der Waals surface area contributed by atoms with Crippen molar-refractivity contribution in [1.29, 1.82) is 0 Å². The molecule has 3 heterocycles. The lowest BCUT2D eigenvalue weighted by atomic mass is 9.95. The summed E-state index contributed by atoms with van der Waals surface area (Å²) in [4.78, 5) is 41.8. The summed E-state index contributed by atoms with van der Waals surface area (Å²) in [6, 6.07) is 11.5. The van der Waals surface area contributed by atoms with E-state index in [1.807, 2.05) is 6.07 Å². The van der Waals surface area contributed by atoms with Crippen molar-refractivity contribution in [2.75, 3.05) is 19.0 Å². The molecule has 1 aliphatic heterocycles. The maximum atomic E-state index is 15.5. The van der Waals surface area contributed by atoms with Crippen LogP contribution in [0.15, 0.2) is 53.5 Å². The fourth-order valence-electron chi connectivity index (χ4n) is 6.13. The summed E-state index contributed by atoms with van der Waals surface area (Å²) in [6.07, 6.45) is 4.38. The molecule has 2 aliphatic rings. The van der Waals surface area contributed by atoms with E-state index in [-0.39, 0.29) is 34.1 Å². The number of methoxy groups -OCH3 is 1. The monoisotopic (exact) mass is 630 g/mol. The average molecular weight is 631 g/mol. The molecule has 1 aliphatic carbocycles. The molecule has 10 nitrogen and oxygen atoms in total. The van der Waals surface area contributed by atoms with Crippen LogP contribution in [0.3, 0.4) is 0 Å². The van der Waals surface area contributed by atoms with Crippen LogP contribution >= 0.6 is 11.6 Å². The molecule has 6 rings (SSSR count). The number of benzene rings is 2. The van der Waals surface area contributed by atoms with Crippen LogP contribution in [0.2, 0.25) is 5.02 Å². The van der Waals surface area contributed by atoms with Gasteiger partial charge in [-0.2, -0.15) is 5.10 Å². The summed E-state index contributed by atoms with van der Waals surface area (Å²) < 4.78 is 22.3. The minimum absolute atomic E-state index is 0.0289. The number of carbonyl (C=O) groups excluding carboxylic acids is 2. The molecule has 0 radical (unpaired) electrons. The fraction of sp³-hybridized carbons (Fsp3) is 0.303. The Labute approximate surface area is 264 Å². The number of halogens is 2. The average Bonchev–Trinajstić information content (AvgIpc) is 3.64. The van der Waals surface area contributed by atoms with Crippen molar-refractivity contribution in [1.82, 2.24) is 25.4 Å². The maximum absolute atomic E-state index is 15.5. The topological polar surface area (TPSA) is 127 Å². The van der Waals surface area contributed by atoms with Crippen LogP contribution in [0.4, 0.5) is 10.1 Å². The Balaban J connectivity index is 1.32. The van der Waals surface area contributed by atoms with E-state index in [1.54, 1.807) is 38.3 Å². The molecule has 2 atom stereocenters. The van der Waals surface area contributed by atoms with Crippen LogP contribution in [0, 0.1) is 12.7 Å². The number of hydrogen-bond donors (Lipinski definition) is 3. The van der Waals surface area contributed by atoms with Crippen LogP contribution in [0.1, 0.15) is 52.4 Å². The minimum Gasteiger partial charge on any atom is -0.481 e. The van der Waals surface area contributed by atoms with Gasteiger partial charge in [0.2, 0.25) is 11.8 Å². The van der Waals surface area contributed by atoms with E-state index in [4.69, 9.17) is 21.3 Å². The van der Waals surface area contributed by atoms with E-state index in [9.17, 15) is 14.4 Å². The van der Waals surface area contributed by atoms with Crippen molar-refractivity contribution in [3.8, 4) is 28.3 Å². The Morgan fingerprint density at radius 3 is 2.73 bits per heavy atom. The molecule has 45 heavy (non-hydrogen) atoms. The van der Waals surface area contributed by atoms with Crippen molar-refractivity contribution in [2.24, 2.45) is 7.05 Å². The number of hydrogen-bond acceptors (Lipinski definition) is 7. The van der Waals surface area contributed by atoms with E-state index >= 15 is 4.39 Å². The predicted octanol–water partition coefficient (Wildman–Crippen LogP) is 4.73. The molecule has 3 N–H and O–H groups in total. The second-order valence-corrected chi connectivity index (χ2v) is 11.7. The van der Waals surface area contributed by atoms with Crippen LogP contribution in [0.25, 0.3) is 22.4 Å². The number of rotatable bonds is 8. The number of nitrogens with zero attached hydrogens (tertiary/aromatic N) is 3. The van der Waals surface area contributed by atoms with E-state index in [1.165, 1.54) is 25.4 Å². The summed E-state index contributed by atoms with van der Waals surface area (Å²) in [6.45, 7) is 2.41. The number of anilines is 1. The first-order valence-electron chi connectivity index (χ1n) is 14.7. The van der Waals surface area contributed by atoms with Gasteiger partial charge in [-0.25, -0.2) is 14.1 Å². The number of carbonyl (C=O) groups is 2. The molecule has 2 amide bonds. The highest BCUT2D eigenvalue weighted by Gasteiger charge is 2.30. The Kier molecular flexibility index (Phi) is 8.39. The Hall–Kier alpha value is -4.61. The van der Waals surface area contributed by atoms with Gasteiger partial charge in [0.15, 0.2) is 0 Å². The standard InChI is InChI=1S/C33H32ClFN6O4/c1-17-20(5-4-6-24(17)39-31(43)22-13-14-37-41(2)33(22)44)29-23(35)10-9-21(30(29)34)26-15-18-7-11-25(28(18)32(40-26)45-3)36-16-19-8-12-27(42)38-19/h4-6,9-10,13-15,19,25,36H,7-8,11-12,16H2,1-3H3,(H,38,42)(H,39,43). The van der Waals surface area contributed by atoms with Crippen molar-refractivity contribution in [3.63, 3.8) is 0 Å². The van der Waals surface area contributed by atoms with Gasteiger partial charge < -0.3 is 20.7 Å². The fourth-order valence-corrected chi connectivity index (χ4v) is 6.48. The van der Waals surface area contributed by atoms with Gasteiger partial charge in [-0.3, -0.25) is 14.4 Å². The number of amides is 2. The lowest BCUT2D eigenvalue weighted by Crippen LogP contribution is -2.36. The SMILES string of the molecule is COc1nc(-c2ccc(F)c(-c3cccc(NC(=O)c4ccnn(C)c4=O)c3C)c2Cl)cc2c1C(NCC1CCC(=O)N1)CC2. The summed E-state index contributed by atoms with van der Waals surface area (Å²) in [5, 5.41) is 13.3. The molecular formula is C33H32ClFN6O4. The lowest BCUT2D eigenvalue weighted by molar-refractivity contribution is -0.119. The molecule has 1 fully saturated rings. The van der Waals surface area contributed by atoms with E-state index in [0.29, 0.717) is 46.9 Å². The summed E-state index contributed by atoms with van der Waals surface area (Å²) in [7, 11) is 3.03. The highest BCUT2D eigenvalue weighted by Crippen LogP contribution is 2.44. The molecule has 1 saturated heterocycles. The Morgan fingerprint density at radius 2 is 1.98 bits per heavy atom. The first-order valence-corrected chi connectivity index (χ1v) is 15.1. The van der Waals surface area contributed by atoms with Gasteiger partial charge in [0, 0.05) is 60.7 Å². The zero-order valence-electron chi connectivity index (χ0n) is 25.0. The number of ether oxygens (including phenoxy) is 1. The summed E-state index contributed by atoms with van der Waals surface area (Å²) in [5.41, 5.74) is 4.16. The smallest absolute Gasteiger partial charge is 0.279 e. The molecule has 2 aromatic heterocycles. The van der Waals surface area contributed by atoms with Gasteiger partial charge in [-0.05, 0) is 73.2 Å². The van der Waals surface area contributed by atoms with E-state index in [2.05, 4.69) is 21.0 Å². The van der Waals surface area contributed by atoms with Gasteiger partial charge in [-0.15, -0.1) is 0 Å². The number of aryl methyl sites for hydroxylation is 2. The quantitative estimate of drug-likeness (QED) is 0.257. The van der Waals surface area contributed by atoms with Crippen molar-refractivity contribution in [2.45, 2.75) is 44.7 Å². The molecule has 12 heteroatoms. The van der Waals surface area contributed by atoms with Gasteiger partial charge in [0.25, 0.3) is 11.5 Å². The summed E-state index contributed by atoms with van der Waals surface area (Å²) in [5.74, 6) is -0.585. The number of nitrogens with one attached hydrogen (secondary N) is 3. The second kappa shape index (κ2) is 12.4. The van der Waals surface area contributed by atoms with Crippen LogP contribution in [-0.2, 0) is 18.3 Å². The first-order chi connectivity index (χ1) is 21.7. The second-order valence-electron chi connectivity index (χ2n) is 11.3. The first kappa shape index (κ1) is 30.4. The summed E-state index contributed by atoms with van der Waals surface area (Å²) >= 11 is 6.95. The molecular weight excluding hydrogens is 599 g/mol. The highest BCUT2D eigenvalue weighted by molar-refractivity contribution is 6.36. The van der Waals surface area contributed by atoms with Crippen molar-refractivity contribution in [3.05, 3.63) is 92.1 Å². The molecule has 0 bridgehead atoms. The molecule has 0 spiro atoms. The number of fused-ring (bicyclic) bond motifs is 1. The number of pyridine rings is 1. The van der Waals surface area contributed by atoms with Crippen molar-refractivity contribution < 1.29 is 18.7 Å². The maximum Gasteiger partial charge on any atom is 0.279 e. The third kappa shape index (κ3) is 5.81. The zero-order valence-corrected chi connectivity index (χ0v) is 25.8. The molecule has 0 saturated carbocycles. The van der Waals surface area contributed by atoms with Gasteiger partial charge in [0.05, 0.1) is 17.8 Å². The van der Waals surface area contributed by atoms with Crippen LogP contribution in [0.5, 0.6) is 5.88 Å². The normalized spacial score (nSPS) is 17.2. The number of aromatic nitrogens is 3. The minimum atomic E-state index is -0.603. The zero-order chi connectivity index (χ0) is 31.8. The Bertz CT molecular complexity index is 1890.